The van der Waals surface area contributed by atoms with Gasteiger partial charge in [-0.2, -0.15) is 0 Å². The van der Waals surface area contributed by atoms with Crippen LogP contribution in [0.25, 0.3) is 0 Å². The SMILES string of the molecule is CCCCCCC/C=C\C/C=C\CCCCCCCCCCCCCC(=O)OCC(COC(=O)CCCCCCCCCCCCCCCCC)OC(=O)CCCCCCCCCCC/C=C\C/C=C\CCCCCCC. The molecule has 0 fully saturated rings. The molecule has 0 aliphatic carbocycles. The minimum atomic E-state index is -0.775. The molecular weight excluding hydrogens is 949 g/mol. The average molecular weight is 1080 g/mol. The molecule has 6 nitrogen and oxygen atoms in total. The van der Waals surface area contributed by atoms with Crippen molar-refractivity contribution < 1.29 is 28.6 Å². The Morgan fingerprint density at radius 3 is 0.714 bits per heavy atom. The van der Waals surface area contributed by atoms with Gasteiger partial charge in [0, 0.05) is 19.3 Å². The first-order valence-corrected chi connectivity index (χ1v) is 34.1. The Morgan fingerprint density at radius 2 is 0.468 bits per heavy atom. The highest BCUT2D eigenvalue weighted by Crippen LogP contribution is 2.17. The summed E-state index contributed by atoms with van der Waals surface area (Å²) >= 11 is 0. The zero-order chi connectivity index (χ0) is 55.7. The Balaban J connectivity index is 4.32. The monoisotopic (exact) mass is 1080 g/mol. The fourth-order valence-corrected chi connectivity index (χ4v) is 10.2. The van der Waals surface area contributed by atoms with Gasteiger partial charge in [-0.05, 0) is 83.5 Å². The van der Waals surface area contributed by atoms with Crippen molar-refractivity contribution in [1.82, 2.24) is 0 Å². The van der Waals surface area contributed by atoms with E-state index in [1.165, 1.54) is 257 Å². The maximum Gasteiger partial charge on any atom is 0.306 e. The number of hydrogen-bond acceptors (Lipinski definition) is 6. The molecule has 1 atom stereocenters. The third-order valence-corrected chi connectivity index (χ3v) is 15.3. The molecule has 0 bridgehead atoms. The first-order valence-electron chi connectivity index (χ1n) is 34.1. The van der Waals surface area contributed by atoms with Gasteiger partial charge in [0.1, 0.15) is 13.2 Å². The highest BCUT2D eigenvalue weighted by molar-refractivity contribution is 5.71. The summed E-state index contributed by atoms with van der Waals surface area (Å²) in [7, 11) is 0. The van der Waals surface area contributed by atoms with Gasteiger partial charge in [-0.25, -0.2) is 0 Å². The lowest BCUT2D eigenvalue weighted by Crippen LogP contribution is -2.30. The van der Waals surface area contributed by atoms with Crippen molar-refractivity contribution in [3.8, 4) is 0 Å². The number of rotatable bonds is 63. The Kier molecular flexibility index (Phi) is 63.6. The van der Waals surface area contributed by atoms with Gasteiger partial charge in [0.15, 0.2) is 6.10 Å². The quantitative estimate of drug-likeness (QED) is 0.0261. The molecule has 0 radical (unpaired) electrons. The van der Waals surface area contributed by atoms with Crippen LogP contribution in [0, 0.1) is 0 Å². The molecule has 0 rings (SSSR count). The fourth-order valence-electron chi connectivity index (χ4n) is 10.2. The van der Waals surface area contributed by atoms with Gasteiger partial charge < -0.3 is 14.2 Å². The van der Waals surface area contributed by atoms with Crippen molar-refractivity contribution >= 4 is 17.9 Å². The molecule has 0 aromatic carbocycles. The van der Waals surface area contributed by atoms with E-state index in [1.807, 2.05) is 0 Å². The predicted molar refractivity (Wildman–Crippen MR) is 335 cm³/mol. The van der Waals surface area contributed by atoms with E-state index in [-0.39, 0.29) is 31.1 Å². The molecule has 0 aromatic heterocycles. The van der Waals surface area contributed by atoms with Crippen LogP contribution in [0.2, 0.25) is 0 Å². The molecule has 0 heterocycles. The van der Waals surface area contributed by atoms with Crippen LogP contribution >= 0.6 is 0 Å². The molecule has 1 unspecified atom stereocenters. The van der Waals surface area contributed by atoms with Crippen LogP contribution < -0.4 is 0 Å². The van der Waals surface area contributed by atoms with E-state index in [4.69, 9.17) is 14.2 Å². The van der Waals surface area contributed by atoms with Gasteiger partial charge in [0.2, 0.25) is 0 Å². The summed E-state index contributed by atoms with van der Waals surface area (Å²) in [4.78, 5) is 38.4. The summed E-state index contributed by atoms with van der Waals surface area (Å²) in [6, 6.07) is 0. The van der Waals surface area contributed by atoms with Gasteiger partial charge in [-0.15, -0.1) is 0 Å². The first kappa shape index (κ1) is 74.4. The van der Waals surface area contributed by atoms with Gasteiger partial charge in [0.25, 0.3) is 0 Å². The summed E-state index contributed by atoms with van der Waals surface area (Å²) < 4.78 is 17.0. The highest BCUT2D eigenvalue weighted by atomic mass is 16.6. The zero-order valence-electron chi connectivity index (χ0n) is 51.7. The van der Waals surface area contributed by atoms with Crippen LogP contribution in [0.1, 0.15) is 367 Å². The van der Waals surface area contributed by atoms with Crippen LogP contribution in [-0.2, 0) is 28.6 Å². The van der Waals surface area contributed by atoms with Crippen molar-refractivity contribution in [1.29, 1.82) is 0 Å². The maximum atomic E-state index is 12.9. The Labute approximate surface area is 479 Å². The summed E-state index contributed by atoms with van der Waals surface area (Å²) in [5, 5.41) is 0. The second-order valence-electron chi connectivity index (χ2n) is 23.1. The summed E-state index contributed by atoms with van der Waals surface area (Å²) in [6.07, 6.45) is 82.6. The molecule has 0 aliphatic rings. The second-order valence-corrected chi connectivity index (χ2v) is 23.1. The largest absolute Gasteiger partial charge is 0.462 e. The number of esters is 3. The Hall–Kier alpha value is -2.63. The maximum absolute atomic E-state index is 12.9. The molecule has 77 heavy (non-hydrogen) atoms. The first-order chi connectivity index (χ1) is 38.0. The Bertz CT molecular complexity index is 1330. The minimum absolute atomic E-state index is 0.0711. The van der Waals surface area contributed by atoms with Gasteiger partial charge in [-0.1, -0.05) is 313 Å². The molecule has 6 heteroatoms. The van der Waals surface area contributed by atoms with Crippen LogP contribution in [0.4, 0.5) is 0 Å². The molecule has 450 valence electrons. The van der Waals surface area contributed by atoms with Gasteiger partial charge in [0.05, 0.1) is 0 Å². The number of carbonyl (C=O) groups is 3. The van der Waals surface area contributed by atoms with E-state index >= 15 is 0 Å². The molecule has 0 saturated heterocycles. The van der Waals surface area contributed by atoms with Crippen molar-refractivity contribution in [2.45, 2.75) is 374 Å². The minimum Gasteiger partial charge on any atom is -0.462 e. The van der Waals surface area contributed by atoms with Crippen LogP contribution in [-0.4, -0.2) is 37.2 Å². The van der Waals surface area contributed by atoms with Crippen LogP contribution in [0.15, 0.2) is 48.6 Å². The van der Waals surface area contributed by atoms with E-state index in [1.54, 1.807) is 0 Å². The number of allylic oxidation sites excluding steroid dienone is 8. The van der Waals surface area contributed by atoms with Crippen molar-refractivity contribution in [2.75, 3.05) is 13.2 Å². The van der Waals surface area contributed by atoms with Gasteiger partial charge >= 0.3 is 17.9 Å². The summed E-state index contributed by atoms with van der Waals surface area (Å²) in [5.41, 5.74) is 0. The third kappa shape index (κ3) is 64.1. The number of carbonyl (C=O) groups excluding carboxylic acids is 3. The Morgan fingerprint density at radius 1 is 0.260 bits per heavy atom. The molecule has 0 saturated carbocycles. The molecule has 0 N–H and O–H groups in total. The lowest BCUT2D eigenvalue weighted by Gasteiger charge is -2.18. The van der Waals surface area contributed by atoms with E-state index in [0.717, 1.165) is 70.6 Å². The van der Waals surface area contributed by atoms with Gasteiger partial charge in [-0.3, -0.25) is 14.4 Å². The average Bonchev–Trinajstić information content (AvgIpc) is 3.43. The van der Waals surface area contributed by atoms with E-state index in [2.05, 4.69) is 69.4 Å². The van der Waals surface area contributed by atoms with E-state index < -0.39 is 6.10 Å². The standard InChI is InChI=1S/C71H130O6/c1-4-7-10-13-16-19-22-25-28-30-32-34-35-37-38-40-43-46-49-52-55-58-61-64-70(73)76-67-68(66-75-69(72)63-60-57-54-51-48-45-42-27-24-21-18-15-12-9-6-3)77-71(74)65-62-59-56-53-50-47-44-41-39-36-33-31-29-26-23-20-17-14-11-8-5-2/h22-23,25-26,30-33,68H,4-21,24,27-29,34-67H2,1-3H3/b25-22-,26-23-,32-30-,33-31-. The van der Waals surface area contributed by atoms with Crippen molar-refractivity contribution in [2.24, 2.45) is 0 Å². The lowest BCUT2D eigenvalue weighted by molar-refractivity contribution is -0.167. The van der Waals surface area contributed by atoms with Crippen LogP contribution in [0.5, 0.6) is 0 Å². The third-order valence-electron chi connectivity index (χ3n) is 15.3. The molecule has 0 aromatic rings. The predicted octanol–water partition coefficient (Wildman–Crippen LogP) is 23.3. The second kappa shape index (κ2) is 65.9. The normalized spacial score (nSPS) is 12.3. The number of unbranched alkanes of at least 4 members (excludes halogenated alkanes) is 44. The van der Waals surface area contributed by atoms with E-state index in [9.17, 15) is 14.4 Å². The number of hydrogen-bond donors (Lipinski definition) is 0. The highest BCUT2D eigenvalue weighted by Gasteiger charge is 2.19. The number of ether oxygens (including phenoxy) is 3. The molecule has 0 spiro atoms. The van der Waals surface area contributed by atoms with Crippen LogP contribution in [0.3, 0.4) is 0 Å². The fraction of sp³-hybridized carbons (Fsp3) is 0.845. The molecule has 0 aliphatic heterocycles. The zero-order valence-corrected chi connectivity index (χ0v) is 51.7. The van der Waals surface area contributed by atoms with E-state index in [0.29, 0.717) is 19.3 Å². The van der Waals surface area contributed by atoms with Crippen molar-refractivity contribution in [3.05, 3.63) is 48.6 Å². The molecule has 0 amide bonds. The van der Waals surface area contributed by atoms with Crippen molar-refractivity contribution in [3.63, 3.8) is 0 Å². The molecular formula is C71H130O6. The summed E-state index contributed by atoms with van der Waals surface area (Å²) in [5.74, 6) is -0.852. The topological polar surface area (TPSA) is 78.9 Å². The lowest BCUT2D eigenvalue weighted by atomic mass is 10.0. The summed E-state index contributed by atoms with van der Waals surface area (Å²) in [6.45, 7) is 6.68. The smallest absolute Gasteiger partial charge is 0.306 e.